The molecule has 1 saturated heterocycles. The van der Waals surface area contributed by atoms with Crippen molar-refractivity contribution in [1.82, 2.24) is 5.32 Å². The fraction of sp³-hybridized carbons (Fsp3) is 0.889. The molecule has 2 aliphatic rings. The highest BCUT2D eigenvalue weighted by Crippen LogP contribution is 2.21. The van der Waals surface area contributed by atoms with Gasteiger partial charge >= 0.3 is 0 Å². The zero-order valence-corrected chi connectivity index (χ0v) is 9.88. The van der Waals surface area contributed by atoms with Gasteiger partial charge in [0.15, 0.2) is 11.4 Å². The van der Waals surface area contributed by atoms with E-state index in [1.54, 1.807) is 0 Å². The predicted octanol–water partition coefficient (Wildman–Crippen LogP) is -2.52. The Hall–Kier alpha value is -0.380. The van der Waals surface area contributed by atoms with Crippen LogP contribution in [0, 0.1) is 0 Å². The molecule has 0 aromatic carbocycles. The molecule has 0 spiro atoms. The molecule has 8 heteroatoms. The largest absolute Gasteiger partial charge is 0.394 e. The van der Waals surface area contributed by atoms with Crippen LogP contribution >= 0.6 is 11.8 Å². The Morgan fingerprint density at radius 1 is 1.29 bits per heavy atom. The van der Waals surface area contributed by atoms with Gasteiger partial charge in [0.1, 0.15) is 24.4 Å². The summed E-state index contributed by atoms with van der Waals surface area (Å²) in [5, 5.41) is 41.4. The third-order valence-corrected chi connectivity index (χ3v) is 3.65. The first kappa shape index (κ1) is 13.1. The maximum absolute atomic E-state index is 9.74. The summed E-state index contributed by atoms with van der Waals surface area (Å²) in [5.41, 5.74) is 0. The molecule has 0 amide bonds. The van der Waals surface area contributed by atoms with Crippen molar-refractivity contribution in [2.24, 2.45) is 4.99 Å². The first-order valence-corrected chi connectivity index (χ1v) is 6.36. The van der Waals surface area contributed by atoms with E-state index < -0.39 is 37.3 Å². The van der Waals surface area contributed by atoms with Crippen molar-refractivity contribution in [3.05, 3.63) is 0 Å². The summed E-state index contributed by atoms with van der Waals surface area (Å²) in [4.78, 5) is 4.13. The van der Waals surface area contributed by atoms with E-state index in [2.05, 4.69) is 10.3 Å². The van der Waals surface area contributed by atoms with Gasteiger partial charge in [-0.2, -0.15) is 0 Å². The van der Waals surface area contributed by atoms with Gasteiger partial charge in [0.2, 0.25) is 0 Å². The molecule has 0 aliphatic carbocycles. The lowest BCUT2D eigenvalue weighted by molar-refractivity contribution is -0.232. The van der Waals surface area contributed by atoms with E-state index in [9.17, 15) is 15.3 Å². The smallest absolute Gasteiger partial charge is 0.158 e. The second kappa shape index (κ2) is 5.51. The van der Waals surface area contributed by atoms with Gasteiger partial charge in [-0.3, -0.25) is 4.99 Å². The fourth-order valence-corrected chi connectivity index (χ4v) is 2.52. The molecule has 1 fully saturated rings. The van der Waals surface area contributed by atoms with E-state index in [4.69, 9.17) is 9.84 Å². The Labute approximate surface area is 103 Å². The Balaban J connectivity index is 2.00. The minimum atomic E-state index is -1.36. The van der Waals surface area contributed by atoms with Crippen LogP contribution in [0.2, 0.25) is 0 Å². The number of aliphatic imine (C=N–C) groups is 1. The van der Waals surface area contributed by atoms with Crippen LogP contribution in [0.4, 0.5) is 0 Å². The molecule has 2 heterocycles. The number of nitrogens with zero attached hydrogens (tertiary/aromatic N) is 1. The highest BCUT2D eigenvalue weighted by molar-refractivity contribution is 8.14. The molecule has 0 saturated carbocycles. The Bertz CT molecular complexity index is 301. The van der Waals surface area contributed by atoms with Crippen LogP contribution in [-0.2, 0) is 4.74 Å². The third-order valence-electron chi connectivity index (χ3n) is 2.74. The van der Waals surface area contributed by atoms with Gasteiger partial charge in [-0.05, 0) is 0 Å². The molecule has 17 heavy (non-hydrogen) atoms. The summed E-state index contributed by atoms with van der Waals surface area (Å²) < 4.78 is 5.28. The summed E-state index contributed by atoms with van der Waals surface area (Å²) in [6.07, 6.45) is -5.72. The Kier molecular flexibility index (Phi) is 4.23. The second-order valence-electron chi connectivity index (χ2n) is 3.93. The summed E-state index contributed by atoms with van der Waals surface area (Å²) >= 11 is 1.49. The standard InChI is InChI=1S/C9H16N2O5S/c12-3-4-5(13)6(14)7(15)8(16-4)11-9-10-1-2-17-9/h4-8,12-15H,1-3H2,(H,10,11)/t4-,5-,6+,7-,8-/m1/s1. The maximum atomic E-state index is 9.74. The molecule has 0 aromatic rings. The molecule has 2 rings (SSSR count). The van der Waals surface area contributed by atoms with Crippen LogP contribution in [-0.4, -0.2) is 75.1 Å². The van der Waals surface area contributed by atoms with E-state index in [1.807, 2.05) is 0 Å². The number of aliphatic hydroxyl groups excluding tert-OH is 4. The summed E-state index contributed by atoms with van der Waals surface area (Å²) in [7, 11) is 0. The first-order valence-electron chi connectivity index (χ1n) is 5.38. The first-order chi connectivity index (χ1) is 8.13. The summed E-state index contributed by atoms with van der Waals surface area (Å²) in [6, 6.07) is 0. The molecule has 2 aliphatic heterocycles. The average Bonchev–Trinajstić information content (AvgIpc) is 2.83. The van der Waals surface area contributed by atoms with Crippen molar-refractivity contribution in [2.75, 3.05) is 18.9 Å². The number of hydrogen-bond acceptors (Lipinski definition) is 8. The SMILES string of the molecule is OC[C@H]1O[C@@H](NC2=NCCS2)[C@H](O)[C@@H](O)[C@@H]1O. The molecule has 5 N–H and O–H groups in total. The van der Waals surface area contributed by atoms with Crippen LogP contribution in [0.5, 0.6) is 0 Å². The Morgan fingerprint density at radius 2 is 2.06 bits per heavy atom. The second-order valence-corrected chi connectivity index (χ2v) is 5.01. The van der Waals surface area contributed by atoms with Crippen LogP contribution in [0.3, 0.4) is 0 Å². The summed E-state index contributed by atoms with van der Waals surface area (Å²) in [6.45, 7) is 0.271. The van der Waals surface area contributed by atoms with Crippen LogP contribution in [0.15, 0.2) is 4.99 Å². The zero-order chi connectivity index (χ0) is 12.4. The van der Waals surface area contributed by atoms with Gasteiger partial charge in [-0.15, -0.1) is 0 Å². The number of ether oxygens (including phenoxy) is 1. The average molecular weight is 264 g/mol. The lowest BCUT2D eigenvalue weighted by Gasteiger charge is -2.40. The van der Waals surface area contributed by atoms with Crippen LogP contribution < -0.4 is 5.32 Å². The number of hydrogen-bond donors (Lipinski definition) is 5. The van der Waals surface area contributed by atoms with Crippen LogP contribution in [0.1, 0.15) is 0 Å². The molecule has 7 nitrogen and oxygen atoms in total. The van der Waals surface area contributed by atoms with Crippen molar-refractivity contribution in [3.8, 4) is 0 Å². The van der Waals surface area contributed by atoms with E-state index in [0.717, 1.165) is 5.75 Å². The Morgan fingerprint density at radius 3 is 2.65 bits per heavy atom. The molecule has 0 radical (unpaired) electrons. The van der Waals surface area contributed by atoms with Gasteiger partial charge in [0.05, 0.1) is 13.2 Å². The van der Waals surface area contributed by atoms with Crippen molar-refractivity contribution < 1.29 is 25.2 Å². The van der Waals surface area contributed by atoms with Gasteiger partial charge < -0.3 is 30.5 Å². The number of aliphatic hydroxyl groups is 4. The lowest BCUT2D eigenvalue weighted by Crippen LogP contribution is -2.62. The van der Waals surface area contributed by atoms with E-state index >= 15 is 0 Å². The minimum absolute atomic E-state index is 0.428. The molecule has 0 aromatic heterocycles. The van der Waals surface area contributed by atoms with E-state index in [0.29, 0.717) is 11.7 Å². The normalized spacial score (nSPS) is 42.4. The van der Waals surface area contributed by atoms with Gasteiger partial charge in [-0.1, -0.05) is 11.8 Å². The lowest BCUT2D eigenvalue weighted by atomic mass is 9.98. The number of rotatable bonds is 2. The topological polar surface area (TPSA) is 115 Å². The highest BCUT2D eigenvalue weighted by atomic mass is 32.2. The van der Waals surface area contributed by atoms with Crippen molar-refractivity contribution in [3.63, 3.8) is 0 Å². The zero-order valence-electron chi connectivity index (χ0n) is 9.06. The molecule has 98 valence electrons. The number of amidine groups is 1. The van der Waals surface area contributed by atoms with Gasteiger partial charge in [-0.25, -0.2) is 0 Å². The van der Waals surface area contributed by atoms with Crippen molar-refractivity contribution in [1.29, 1.82) is 0 Å². The summed E-state index contributed by atoms with van der Waals surface area (Å²) in [5.74, 6) is 0.861. The quantitative estimate of drug-likeness (QED) is 0.374. The molecule has 5 atom stereocenters. The molecular weight excluding hydrogens is 248 g/mol. The maximum Gasteiger partial charge on any atom is 0.158 e. The minimum Gasteiger partial charge on any atom is -0.394 e. The fourth-order valence-electron chi connectivity index (χ4n) is 1.76. The third kappa shape index (κ3) is 2.72. The number of thioether (sulfide) groups is 1. The van der Waals surface area contributed by atoms with Crippen molar-refractivity contribution in [2.45, 2.75) is 30.6 Å². The molecule has 0 unspecified atom stereocenters. The number of nitrogens with one attached hydrogen (secondary N) is 1. The van der Waals surface area contributed by atoms with Crippen molar-refractivity contribution >= 4 is 16.9 Å². The predicted molar refractivity (Wildman–Crippen MR) is 61.7 cm³/mol. The van der Waals surface area contributed by atoms with Crippen LogP contribution in [0.25, 0.3) is 0 Å². The van der Waals surface area contributed by atoms with E-state index in [-0.39, 0.29) is 0 Å². The van der Waals surface area contributed by atoms with Gasteiger partial charge in [0.25, 0.3) is 0 Å². The monoisotopic (exact) mass is 264 g/mol. The highest BCUT2D eigenvalue weighted by Gasteiger charge is 2.43. The van der Waals surface area contributed by atoms with Gasteiger partial charge in [0, 0.05) is 5.75 Å². The molecule has 0 bridgehead atoms. The molecular formula is C9H16N2O5S. The van der Waals surface area contributed by atoms with E-state index in [1.165, 1.54) is 11.8 Å².